The largest absolute Gasteiger partial charge is 0.466 e. The maximum Gasteiger partial charge on any atom is 0.305 e. The highest BCUT2D eigenvalue weighted by atomic mass is 16.5. The van der Waals surface area contributed by atoms with Crippen LogP contribution in [0.25, 0.3) is 0 Å². The molecule has 1 amide bonds. The summed E-state index contributed by atoms with van der Waals surface area (Å²) in [6.45, 7) is 4.80. The first kappa shape index (κ1) is 54.8. The van der Waals surface area contributed by atoms with Gasteiger partial charge in [-0.1, -0.05) is 184 Å². The SMILES string of the molecule is CCC/C=C\C/C=C\CCCCCCCC(=O)OCCCCC/C=C\C/C=C\CCCCCCCCCC(=O)NC(CO)C(O)CCCCCCCCCCCC. The Morgan fingerprint density at radius 2 is 0.912 bits per heavy atom. The van der Waals surface area contributed by atoms with Crippen LogP contribution in [0.3, 0.4) is 0 Å². The van der Waals surface area contributed by atoms with Gasteiger partial charge in [0.1, 0.15) is 0 Å². The Morgan fingerprint density at radius 1 is 0.491 bits per heavy atom. The smallest absolute Gasteiger partial charge is 0.305 e. The highest BCUT2D eigenvalue weighted by Gasteiger charge is 2.20. The second-order valence-electron chi connectivity index (χ2n) is 16.4. The average molecular weight is 800 g/mol. The molecule has 0 rings (SSSR count). The number of carbonyl (C=O) groups excluding carboxylic acids is 2. The fraction of sp³-hybridized carbons (Fsp3) is 0.804. The number of aliphatic hydroxyl groups is 2. The Balaban J connectivity index is 3.52. The van der Waals surface area contributed by atoms with Gasteiger partial charge in [-0.2, -0.15) is 0 Å². The van der Waals surface area contributed by atoms with E-state index >= 15 is 0 Å². The molecule has 0 fully saturated rings. The Morgan fingerprint density at radius 3 is 1.40 bits per heavy atom. The van der Waals surface area contributed by atoms with E-state index in [4.69, 9.17) is 4.74 Å². The van der Waals surface area contributed by atoms with Gasteiger partial charge in [0, 0.05) is 12.8 Å². The van der Waals surface area contributed by atoms with Gasteiger partial charge < -0.3 is 20.3 Å². The lowest BCUT2D eigenvalue weighted by Crippen LogP contribution is -2.45. The molecule has 3 N–H and O–H groups in total. The van der Waals surface area contributed by atoms with E-state index in [2.05, 4.69) is 67.8 Å². The molecule has 0 aliphatic heterocycles. The van der Waals surface area contributed by atoms with Gasteiger partial charge in [-0.15, -0.1) is 0 Å². The molecular formula is C51H93NO5. The van der Waals surface area contributed by atoms with Crippen molar-refractivity contribution in [3.05, 3.63) is 48.6 Å². The summed E-state index contributed by atoms with van der Waals surface area (Å²) in [5.41, 5.74) is 0. The van der Waals surface area contributed by atoms with Gasteiger partial charge in [0.2, 0.25) is 5.91 Å². The summed E-state index contributed by atoms with van der Waals surface area (Å²) in [5.74, 6) is -0.0872. The molecule has 57 heavy (non-hydrogen) atoms. The molecule has 0 spiro atoms. The van der Waals surface area contributed by atoms with Crippen LogP contribution in [0.5, 0.6) is 0 Å². The molecule has 2 atom stereocenters. The van der Waals surface area contributed by atoms with Crippen LogP contribution in [-0.4, -0.2) is 47.4 Å². The van der Waals surface area contributed by atoms with E-state index in [9.17, 15) is 19.8 Å². The lowest BCUT2D eigenvalue weighted by atomic mass is 10.0. The molecule has 0 aliphatic carbocycles. The first-order valence-electron chi connectivity index (χ1n) is 24.4. The predicted molar refractivity (Wildman–Crippen MR) is 245 cm³/mol. The molecule has 0 aromatic carbocycles. The van der Waals surface area contributed by atoms with E-state index in [1.807, 2.05) is 0 Å². The van der Waals surface area contributed by atoms with Crippen LogP contribution < -0.4 is 5.32 Å². The van der Waals surface area contributed by atoms with Gasteiger partial charge >= 0.3 is 5.97 Å². The molecule has 0 heterocycles. The molecule has 6 nitrogen and oxygen atoms in total. The molecule has 332 valence electrons. The van der Waals surface area contributed by atoms with Crippen LogP contribution in [-0.2, 0) is 14.3 Å². The number of nitrogens with one attached hydrogen (secondary N) is 1. The Hall–Kier alpha value is -2.18. The number of aliphatic hydroxyl groups excluding tert-OH is 2. The topological polar surface area (TPSA) is 95.9 Å². The predicted octanol–water partition coefficient (Wildman–Crippen LogP) is 14.3. The number of carbonyl (C=O) groups is 2. The molecule has 0 aliphatic rings. The second kappa shape index (κ2) is 46.5. The zero-order valence-corrected chi connectivity index (χ0v) is 37.6. The lowest BCUT2D eigenvalue weighted by molar-refractivity contribution is -0.143. The van der Waals surface area contributed by atoms with E-state index < -0.39 is 12.1 Å². The van der Waals surface area contributed by atoms with E-state index in [0.717, 1.165) is 96.3 Å². The summed E-state index contributed by atoms with van der Waals surface area (Å²) in [6.07, 6.45) is 56.5. The number of hydrogen-bond donors (Lipinski definition) is 3. The van der Waals surface area contributed by atoms with Crippen molar-refractivity contribution in [3.8, 4) is 0 Å². The van der Waals surface area contributed by atoms with Crippen molar-refractivity contribution in [1.82, 2.24) is 5.32 Å². The van der Waals surface area contributed by atoms with Gasteiger partial charge in [0.15, 0.2) is 0 Å². The molecule has 6 heteroatoms. The van der Waals surface area contributed by atoms with Crippen LogP contribution in [0, 0.1) is 0 Å². The third kappa shape index (κ3) is 43.2. The number of hydrogen-bond acceptors (Lipinski definition) is 5. The zero-order chi connectivity index (χ0) is 41.5. The maximum atomic E-state index is 12.4. The van der Waals surface area contributed by atoms with Gasteiger partial charge in [-0.05, 0) is 89.9 Å². The minimum Gasteiger partial charge on any atom is -0.466 e. The van der Waals surface area contributed by atoms with Gasteiger partial charge in [-0.25, -0.2) is 0 Å². The van der Waals surface area contributed by atoms with E-state index in [0.29, 0.717) is 25.9 Å². The molecule has 0 bridgehead atoms. The highest BCUT2D eigenvalue weighted by Crippen LogP contribution is 2.15. The second-order valence-corrected chi connectivity index (χ2v) is 16.4. The van der Waals surface area contributed by atoms with Crippen molar-refractivity contribution in [1.29, 1.82) is 0 Å². The van der Waals surface area contributed by atoms with Crippen molar-refractivity contribution >= 4 is 11.9 Å². The normalized spacial score (nSPS) is 13.1. The number of unbranched alkanes of at least 4 members (excludes halogenated alkanes) is 25. The first-order valence-corrected chi connectivity index (χ1v) is 24.4. The van der Waals surface area contributed by atoms with Crippen molar-refractivity contribution in [3.63, 3.8) is 0 Å². The Labute approximate surface area is 353 Å². The molecule has 0 radical (unpaired) electrons. The quantitative estimate of drug-likeness (QED) is 0.0324. The Kier molecular flexibility index (Phi) is 44.7. The molecule has 0 aromatic heterocycles. The molecule has 0 saturated heterocycles. The van der Waals surface area contributed by atoms with Gasteiger partial charge in [0.05, 0.1) is 25.4 Å². The summed E-state index contributed by atoms with van der Waals surface area (Å²) in [7, 11) is 0. The number of esters is 1. The molecular weight excluding hydrogens is 707 g/mol. The molecule has 0 saturated carbocycles. The van der Waals surface area contributed by atoms with Crippen molar-refractivity contribution in [2.75, 3.05) is 13.2 Å². The summed E-state index contributed by atoms with van der Waals surface area (Å²) in [5, 5.41) is 23.1. The van der Waals surface area contributed by atoms with Crippen LogP contribution >= 0.6 is 0 Å². The minimum atomic E-state index is -0.674. The van der Waals surface area contributed by atoms with E-state index in [-0.39, 0.29) is 18.5 Å². The van der Waals surface area contributed by atoms with E-state index in [1.165, 1.54) is 109 Å². The highest BCUT2D eigenvalue weighted by molar-refractivity contribution is 5.76. The van der Waals surface area contributed by atoms with Crippen molar-refractivity contribution in [2.45, 2.75) is 251 Å². The third-order valence-corrected chi connectivity index (χ3v) is 10.8. The number of ether oxygens (including phenoxy) is 1. The zero-order valence-electron chi connectivity index (χ0n) is 37.6. The first-order chi connectivity index (χ1) is 28.0. The van der Waals surface area contributed by atoms with Crippen molar-refractivity contribution < 1.29 is 24.5 Å². The fourth-order valence-corrected chi connectivity index (χ4v) is 7.06. The van der Waals surface area contributed by atoms with E-state index in [1.54, 1.807) is 0 Å². The monoisotopic (exact) mass is 800 g/mol. The summed E-state index contributed by atoms with van der Waals surface area (Å²) < 4.78 is 5.42. The van der Waals surface area contributed by atoms with Crippen molar-refractivity contribution in [2.24, 2.45) is 0 Å². The fourth-order valence-electron chi connectivity index (χ4n) is 7.06. The third-order valence-electron chi connectivity index (χ3n) is 10.8. The number of amides is 1. The maximum absolute atomic E-state index is 12.4. The van der Waals surface area contributed by atoms with Gasteiger partial charge in [0.25, 0.3) is 0 Å². The summed E-state index contributed by atoms with van der Waals surface area (Å²) in [4.78, 5) is 24.4. The van der Waals surface area contributed by atoms with Crippen LogP contribution in [0.2, 0.25) is 0 Å². The van der Waals surface area contributed by atoms with Crippen LogP contribution in [0.4, 0.5) is 0 Å². The number of allylic oxidation sites excluding steroid dienone is 8. The molecule has 2 unspecified atom stereocenters. The average Bonchev–Trinajstić information content (AvgIpc) is 3.21. The summed E-state index contributed by atoms with van der Waals surface area (Å²) >= 11 is 0. The van der Waals surface area contributed by atoms with Crippen LogP contribution in [0.1, 0.15) is 239 Å². The summed E-state index contributed by atoms with van der Waals surface area (Å²) in [6, 6.07) is -0.553. The Bertz CT molecular complexity index is 973. The lowest BCUT2D eigenvalue weighted by Gasteiger charge is -2.22. The molecule has 0 aromatic rings. The standard InChI is InChI=1S/C51H93NO5/c1-3-5-7-9-11-13-15-21-25-29-33-37-41-45-51(56)57-46-42-38-34-30-26-23-20-18-16-17-19-22-24-28-32-36-40-44-50(55)52-48(47-53)49(54)43-39-35-31-27-14-12-10-8-6-4-2/h7,9,13,15-16,18,23,26,48-49,53-54H,3-6,8,10-12,14,17,19-22,24-25,27-47H2,1-2H3,(H,52,55)/b9-7-,15-13-,18-16-,26-23-. The number of rotatable bonds is 44. The van der Waals surface area contributed by atoms with Crippen LogP contribution in [0.15, 0.2) is 48.6 Å². The van der Waals surface area contributed by atoms with Gasteiger partial charge in [-0.3, -0.25) is 9.59 Å². The minimum absolute atomic E-state index is 0.0321.